The van der Waals surface area contributed by atoms with Gasteiger partial charge in [-0.15, -0.1) is 0 Å². The summed E-state index contributed by atoms with van der Waals surface area (Å²) in [6.45, 7) is -0.132. The van der Waals surface area contributed by atoms with Gasteiger partial charge in [0.2, 0.25) is 0 Å². The fraction of sp³-hybridized carbons (Fsp3) is 0.0625. The van der Waals surface area contributed by atoms with Crippen LogP contribution in [-0.2, 0) is 11.5 Å². The maximum Gasteiger partial charge on any atom is 0.269 e. The minimum absolute atomic E-state index is 0.0250. The molecule has 0 aliphatic heterocycles. The number of rotatable bonds is 5. The van der Waals surface area contributed by atoms with Crippen LogP contribution < -0.4 is 0 Å². The Labute approximate surface area is 135 Å². The zero-order valence-electron chi connectivity index (χ0n) is 12.3. The zero-order chi connectivity index (χ0) is 17.1. The number of aromatic nitrogens is 2. The molecule has 24 heavy (non-hydrogen) atoms. The second kappa shape index (κ2) is 6.57. The van der Waals surface area contributed by atoms with Gasteiger partial charge in [-0.3, -0.25) is 15.4 Å². The molecule has 0 aliphatic carbocycles. The summed E-state index contributed by atoms with van der Waals surface area (Å²) in [4.78, 5) is 21.8. The predicted octanol–water partition coefficient (Wildman–Crippen LogP) is 3.78. The van der Waals surface area contributed by atoms with Crippen molar-refractivity contribution in [1.29, 1.82) is 0 Å². The third kappa shape index (κ3) is 3.14. The molecule has 3 rings (SSSR count). The van der Waals surface area contributed by atoms with E-state index in [-0.39, 0.29) is 18.1 Å². The Morgan fingerprint density at radius 1 is 1.12 bits per heavy atom. The van der Waals surface area contributed by atoms with E-state index in [1.54, 1.807) is 24.3 Å². The number of hydrogen-bond acceptors (Lipinski definition) is 5. The second-order valence-corrected chi connectivity index (χ2v) is 5.00. The number of hydrogen-bond donors (Lipinski definition) is 2. The van der Waals surface area contributed by atoms with Crippen LogP contribution in [0.5, 0.6) is 0 Å². The van der Waals surface area contributed by atoms with E-state index in [1.807, 2.05) is 0 Å². The molecule has 2 aromatic carbocycles. The molecule has 0 amide bonds. The molecule has 0 spiro atoms. The highest BCUT2D eigenvalue weighted by molar-refractivity contribution is 5.67. The van der Waals surface area contributed by atoms with Crippen LogP contribution in [0.2, 0.25) is 0 Å². The van der Waals surface area contributed by atoms with Gasteiger partial charge in [0.05, 0.1) is 16.3 Å². The predicted molar refractivity (Wildman–Crippen MR) is 83.5 cm³/mol. The molecule has 0 bridgehead atoms. The maximum atomic E-state index is 13.1. The number of nitrogens with one attached hydrogen (secondary N) is 1. The summed E-state index contributed by atoms with van der Waals surface area (Å²) in [7, 11) is 0. The third-order valence-electron chi connectivity index (χ3n) is 3.46. The average molecular weight is 329 g/mol. The van der Waals surface area contributed by atoms with Crippen molar-refractivity contribution in [3.05, 3.63) is 70.2 Å². The molecule has 8 heteroatoms. The fourth-order valence-corrected chi connectivity index (χ4v) is 2.30. The van der Waals surface area contributed by atoms with Gasteiger partial charge in [0, 0.05) is 23.3 Å². The highest BCUT2D eigenvalue weighted by Gasteiger charge is 2.15. The topological polar surface area (TPSA) is 101 Å². The molecule has 122 valence electrons. The monoisotopic (exact) mass is 329 g/mol. The molecule has 0 atom stereocenters. The number of imidazole rings is 1. The van der Waals surface area contributed by atoms with E-state index in [4.69, 9.17) is 5.26 Å². The molecule has 1 heterocycles. The van der Waals surface area contributed by atoms with Gasteiger partial charge in [0.1, 0.15) is 18.2 Å². The number of nitrogens with zero attached hydrogens (tertiary/aromatic N) is 2. The Morgan fingerprint density at radius 2 is 1.75 bits per heavy atom. The van der Waals surface area contributed by atoms with Gasteiger partial charge in [0.25, 0.3) is 5.69 Å². The van der Waals surface area contributed by atoms with Gasteiger partial charge in [-0.2, -0.15) is 0 Å². The van der Waals surface area contributed by atoms with Gasteiger partial charge in [-0.05, 0) is 36.4 Å². The summed E-state index contributed by atoms with van der Waals surface area (Å²) in [5.41, 5.74) is 2.25. The summed E-state index contributed by atoms with van der Waals surface area (Å²) in [5.74, 6) is 0.0844. The Kier molecular flexibility index (Phi) is 4.32. The summed E-state index contributed by atoms with van der Waals surface area (Å²) in [6, 6.07) is 11.6. The largest absolute Gasteiger partial charge is 0.339 e. The van der Waals surface area contributed by atoms with Gasteiger partial charge in [-0.1, -0.05) is 0 Å². The van der Waals surface area contributed by atoms with Gasteiger partial charge in [0.15, 0.2) is 0 Å². The molecule has 0 radical (unpaired) electrons. The summed E-state index contributed by atoms with van der Waals surface area (Å²) < 4.78 is 13.1. The normalized spacial score (nSPS) is 10.8. The van der Waals surface area contributed by atoms with Crippen LogP contribution in [-0.4, -0.2) is 20.1 Å². The van der Waals surface area contributed by atoms with Crippen molar-refractivity contribution in [1.82, 2.24) is 9.97 Å². The van der Waals surface area contributed by atoms with E-state index < -0.39 is 4.92 Å². The number of halogens is 1. The van der Waals surface area contributed by atoms with Gasteiger partial charge >= 0.3 is 0 Å². The second-order valence-electron chi connectivity index (χ2n) is 5.00. The van der Waals surface area contributed by atoms with Crippen molar-refractivity contribution in [2.75, 3.05) is 0 Å². The van der Waals surface area contributed by atoms with Crippen molar-refractivity contribution in [3.63, 3.8) is 0 Å². The van der Waals surface area contributed by atoms with Crippen LogP contribution in [0.1, 0.15) is 5.69 Å². The van der Waals surface area contributed by atoms with Gasteiger partial charge in [-0.25, -0.2) is 14.3 Å². The Hall–Kier alpha value is -3.10. The molecular formula is C16H12FN3O4. The Morgan fingerprint density at radius 3 is 2.33 bits per heavy atom. The number of non-ortho nitro benzene ring substituents is 1. The highest BCUT2D eigenvalue weighted by atomic mass is 19.1. The quantitative estimate of drug-likeness (QED) is 0.421. The van der Waals surface area contributed by atoms with E-state index in [2.05, 4.69) is 14.9 Å². The van der Waals surface area contributed by atoms with Crippen LogP contribution >= 0.6 is 0 Å². The number of nitro groups is 1. The first-order valence-corrected chi connectivity index (χ1v) is 6.94. The van der Waals surface area contributed by atoms with E-state index in [1.165, 1.54) is 24.3 Å². The van der Waals surface area contributed by atoms with Crippen molar-refractivity contribution >= 4 is 5.69 Å². The zero-order valence-corrected chi connectivity index (χ0v) is 12.3. The standard InChI is InChI=1S/C16H12FN3O4/c17-12-5-1-10(2-6-12)15-14(9-24-23)18-16(19-15)11-3-7-13(8-4-11)20(21)22/h1-8,23H,9H2,(H,18,19). The van der Waals surface area contributed by atoms with Crippen LogP contribution in [0.15, 0.2) is 48.5 Å². The van der Waals surface area contributed by atoms with Crippen molar-refractivity contribution < 1.29 is 19.5 Å². The Bertz CT molecular complexity index is 860. The van der Waals surface area contributed by atoms with Crippen molar-refractivity contribution in [2.45, 2.75) is 6.61 Å². The first-order chi connectivity index (χ1) is 11.6. The fourth-order valence-electron chi connectivity index (χ4n) is 2.30. The first-order valence-electron chi connectivity index (χ1n) is 6.94. The van der Waals surface area contributed by atoms with E-state index in [9.17, 15) is 14.5 Å². The summed E-state index contributed by atoms with van der Waals surface area (Å²) in [6.07, 6.45) is 0. The average Bonchev–Trinajstić information content (AvgIpc) is 3.00. The lowest BCUT2D eigenvalue weighted by Crippen LogP contribution is -1.91. The lowest BCUT2D eigenvalue weighted by molar-refractivity contribution is -0.384. The molecule has 3 aromatic rings. The van der Waals surface area contributed by atoms with E-state index >= 15 is 0 Å². The third-order valence-corrected chi connectivity index (χ3v) is 3.46. The summed E-state index contributed by atoms with van der Waals surface area (Å²) >= 11 is 0. The summed E-state index contributed by atoms with van der Waals surface area (Å²) in [5, 5.41) is 19.4. The van der Waals surface area contributed by atoms with Crippen LogP contribution in [0.3, 0.4) is 0 Å². The lowest BCUT2D eigenvalue weighted by Gasteiger charge is -2.00. The Balaban J connectivity index is 2.02. The molecule has 0 unspecified atom stereocenters. The molecule has 7 nitrogen and oxygen atoms in total. The van der Waals surface area contributed by atoms with Gasteiger partial charge < -0.3 is 4.98 Å². The van der Waals surface area contributed by atoms with Crippen molar-refractivity contribution in [2.24, 2.45) is 0 Å². The number of benzene rings is 2. The van der Waals surface area contributed by atoms with Crippen LogP contribution in [0.25, 0.3) is 22.6 Å². The minimum Gasteiger partial charge on any atom is -0.339 e. The SMILES string of the molecule is O=[N+]([O-])c1ccc(-c2nc(-c3ccc(F)cc3)c(COO)[nH]2)cc1. The molecule has 0 fully saturated rings. The number of nitro benzene ring substituents is 1. The number of H-pyrrole nitrogens is 1. The molecule has 2 N–H and O–H groups in total. The maximum absolute atomic E-state index is 13.1. The minimum atomic E-state index is -0.485. The molecule has 1 aromatic heterocycles. The van der Waals surface area contributed by atoms with Crippen LogP contribution in [0, 0.1) is 15.9 Å². The molecule has 0 saturated carbocycles. The number of aromatic amines is 1. The van der Waals surface area contributed by atoms with E-state index in [0.29, 0.717) is 28.3 Å². The first kappa shape index (κ1) is 15.8. The van der Waals surface area contributed by atoms with Crippen LogP contribution in [0.4, 0.5) is 10.1 Å². The van der Waals surface area contributed by atoms with E-state index in [0.717, 1.165) is 0 Å². The highest BCUT2D eigenvalue weighted by Crippen LogP contribution is 2.27. The molecule has 0 saturated heterocycles. The molecular weight excluding hydrogens is 317 g/mol. The smallest absolute Gasteiger partial charge is 0.269 e. The van der Waals surface area contributed by atoms with Crippen molar-refractivity contribution in [3.8, 4) is 22.6 Å². The lowest BCUT2D eigenvalue weighted by atomic mass is 10.1. The molecule has 0 aliphatic rings.